The zero-order chi connectivity index (χ0) is 29.8. The third-order valence-corrected chi connectivity index (χ3v) is 7.69. The number of nitro benzene ring substituents is 1. The van der Waals surface area contributed by atoms with Crippen molar-refractivity contribution < 1.29 is 23.9 Å². The summed E-state index contributed by atoms with van der Waals surface area (Å²) < 4.78 is 18.4. The molecule has 3 aromatic carbocycles. The minimum absolute atomic E-state index is 0.00112. The van der Waals surface area contributed by atoms with Crippen LogP contribution in [0.15, 0.2) is 93.9 Å². The number of aromatic nitrogens is 1. The van der Waals surface area contributed by atoms with E-state index in [-0.39, 0.29) is 24.5 Å². The number of nitrogens with zero attached hydrogens (tertiary/aromatic N) is 3. The van der Waals surface area contributed by atoms with Gasteiger partial charge in [-0.1, -0.05) is 47.7 Å². The van der Waals surface area contributed by atoms with Crippen molar-refractivity contribution in [2.75, 3.05) is 13.7 Å². The molecule has 5 rings (SSSR count). The number of benzene rings is 3. The molecule has 1 aliphatic rings. The van der Waals surface area contributed by atoms with Crippen LogP contribution in [0.4, 0.5) is 5.69 Å². The van der Waals surface area contributed by atoms with Crippen LogP contribution in [0.5, 0.6) is 11.5 Å². The van der Waals surface area contributed by atoms with E-state index in [4.69, 9.17) is 14.2 Å². The van der Waals surface area contributed by atoms with Crippen molar-refractivity contribution in [1.29, 1.82) is 0 Å². The van der Waals surface area contributed by atoms with Crippen LogP contribution < -0.4 is 24.4 Å². The van der Waals surface area contributed by atoms with Gasteiger partial charge in [-0.25, -0.2) is 9.79 Å². The summed E-state index contributed by atoms with van der Waals surface area (Å²) in [6.45, 7) is 3.70. The quantitative estimate of drug-likeness (QED) is 0.163. The highest BCUT2D eigenvalue weighted by Gasteiger charge is 2.33. The second-order valence-corrected chi connectivity index (χ2v) is 10.3. The number of ether oxygens (including phenoxy) is 3. The maximum absolute atomic E-state index is 13.8. The van der Waals surface area contributed by atoms with E-state index in [9.17, 15) is 19.7 Å². The summed E-state index contributed by atoms with van der Waals surface area (Å²) in [4.78, 5) is 42.7. The number of carbonyl (C=O) groups is 1. The topological polar surface area (TPSA) is 122 Å². The molecule has 0 unspecified atom stereocenters. The molecule has 0 saturated carbocycles. The number of hydrogen-bond donors (Lipinski definition) is 0. The van der Waals surface area contributed by atoms with E-state index in [1.807, 2.05) is 12.1 Å². The number of rotatable bonds is 9. The number of hydrogen-bond acceptors (Lipinski definition) is 9. The Bertz CT molecular complexity index is 1860. The van der Waals surface area contributed by atoms with Gasteiger partial charge >= 0.3 is 5.97 Å². The normalized spacial score (nSPS) is 14.6. The van der Waals surface area contributed by atoms with Gasteiger partial charge in [0.2, 0.25) is 0 Å². The molecule has 0 N–H and O–H groups in total. The van der Waals surface area contributed by atoms with Crippen molar-refractivity contribution in [3.05, 3.63) is 131 Å². The van der Waals surface area contributed by atoms with Crippen LogP contribution in [0.3, 0.4) is 0 Å². The second-order valence-electron chi connectivity index (χ2n) is 9.32. The molecule has 10 nitrogen and oxygen atoms in total. The van der Waals surface area contributed by atoms with Gasteiger partial charge in [-0.3, -0.25) is 19.5 Å². The number of carbonyl (C=O) groups excluding carboxylic acids is 1. The molecule has 0 radical (unpaired) electrons. The van der Waals surface area contributed by atoms with Crippen molar-refractivity contribution in [3.63, 3.8) is 0 Å². The Labute approximate surface area is 244 Å². The number of methoxy groups -OCH3 is 1. The summed E-state index contributed by atoms with van der Waals surface area (Å²) in [5.74, 6) is 0.658. The van der Waals surface area contributed by atoms with Gasteiger partial charge in [0.1, 0.15) is 18.1 Å². The molecule has 0 spiro atoms. The van der Waals surface area contributed by atoms with Gasteiger partial charge in [0.05, 0.1) is 46.0 Å². The molecular formula is C31H27N3O7S. The molecular weight excluding hydrogens is 558 g/mol. The van der Waals surface area contributed by atoms with Crippen molar-refractivity contribution in [1.82, 2.24) is 4.57 Å². The van der Waals surface area contributed by atoms with Crippen molar-refractivity contribution >= 4 is 29.1 Å². The zero-order valence-corrected chi connectivity index (χ0v) is 23.9. The minimum atomic E-state index is -0.717. The minimum Gasteiger partial charge on any atom is -0.497 e. The monoisotopic (exact) mass is 585 g/mol. The lowest BCUT2D eigenvalue weighted by atomic mass is 9.96. The lowest BCUT2D eigenvalue weighted by Crippen LogP contribution is -2.39. The third-order valence-electron chi connectivity index (χ3n) is 6.71. The molecule has 42 heavy (non-hydrogen) atoms. The largest absolute Gasteiger partial charge is 0.497 e. The standard InChI is InChI=1S/C31H27N3O7S/c1-4-40-30(36)27-19(2)32-31-33(28(27)21-11-15-23(39-3)16-12-21)29(35)26(42-31)17-20-9-13-24(14-10-20)41-18-22-7-5-6-8-25(22)34(37)38/h5-17,28H,4,18H2,1-3H3/b26-17-/t28-/m0/s1. The van der Waals surface area contributed by atoms with E-state index in [0.29, 0.717) is 37.7 Å². The fraction of sp³-hybridized carbons (Fsp3) is 0.194. The van der Waals surface area contributed by atoms with Gasteiger partial charge < -0.3 is 14.2 Å². The number of esters is 1. The van der Waals surface area contributed by atoms with Crippen molar-refractivity contribution in [3.8, 4) is 11.5 Å². The number of thiazole rings is 1. The molecule has 4 aromatic rings. The van der Waals surface area contributed by atoms with Crippen LogP contribution in [0.2, 0.25) is 0 Å². The average molecular weight is 586 g/mol. The van der Waals surface area contributed by atoms with Crippen LogP contribution in [0.1, 0.15) is 36.6 Å². The predicted octanol–water partition coefficient (Wildman–Crippen LogP) is 4.29. The summed E-state index contributed by atoms with van der Waals surface area (Å²) in [7, 11) is 1.57. The van der Waals surface area contributed by atoms with E-state index in [0.717, 1.165) is 11.1 Å². The van der Waals surface area contributed by atoms with Gasteiger partial charge in [0.25, 0.3) is 11.2 Å². The molecule has 0 saturated heterocycles. The first-order valence-corrected chi connectivity index (χ1v) is 13.9. The smallest absolute Gasteiger partial charge is 0.338 e. The molecule has 11 heteroatoms. The Morgan fingerprint density at radius 3 is 2.43 bits per heavy atom. The summed E-state index contributed by atoms with van der Waals surface area (Å²) >= 11 is 1.23. The number of allylic oxidation sites excluding steroid dienone is 1. The zero-order valence-electron chi connectivity index (χ0n) is 23.1. The second kappa shape index (κ2) is 12.2. The lowest BCUT2D eigenvalue weighted by molar-refractivity contribution is -0.385. The Kier molecular flexibility index (Phi) is 8.30. The number of nitro groups is 1. The molecule has 0 aliphatic carbocycles. The van der Waals surface area contributed by atoms with Gasteiger partial charge in [0, 0.05) is 6.07 Å². The first kappa shape index (κ1) is 28.5. The van der Waals surface area contributed by atoms with E-state index in [1.54, 1.807) is 81.6 Å². The SMILES string of the molecule is CCOC(=O)C1=C(C)N=c2s/c(=C\c3ccc(OCc4ccccc4[N+](=O)[O-])cc3)c(=O)n2[C@H]1c1ccc(OC)cc1. The van der Waals surface area contributed by atoms with E-state index < -0.39 is 16.9 Å². The number of fused-ring (bicyclic) bond motifs is 1. The number of para-hydroxylation sites is 1. The Morgan fingerprint density at radius 1 is 1.07 bits per heavy atom. The van der Waals surface area contributed by atoms with E-state index in [1.165, 1.54) is 22.0 Å². The third kappa shape index (κ3) is 5.72. The van der Waals surface area contributed by atoms with Crippen LogP contribution in [-0.2, 0) is 16.1 Å². The maximum atomic E-state index is 13.8. The molecule has 2 heterocycles. The van der Waals surface area contributed by atoms with Crippen molar-refractivity contribution in [2.45, 2.75) is 26.5 Å². The highest BCUT2D eigenvalue weighted by atomic mass is 32.1. The fourth-order valence-electron chi connectivity index (χ4n) is 4.68. The molecule has 1 aliphatic heterocycles. The predicted molar refractivity (Wildman–Crippen MR) is 157 cm³/mol. The molecule has 214 valence electrons. The summed E-state index contributed by atoms with van der Waals surface area (Å²) in [5.41, 5.74) is 2.45. The molecule has 1 atom stereocenters. The van der Waals surface area contributed by atoms with Gasteiger partial charge in [-0.15, -0.1) is 0 Å². The maximum Gasteiger partial charge on any atom is 0.338 e. The van der Waals surface area contributed by atoms with Crippen LogP contribution >= 0.6 is 11.3 Å². The Morgan fingerprint density at radius 2 is 1.76 bits per heavy atom. The average Bonchev–Trinajstić information content (AvgIpc) is 3.30. The van der Waals surface area contributed by atoms with Crippen LogP contribution in [0.25, 0.3) is 6.08 Å². The molecule has 0 amide bonds. The van der Waals surface area contributed by atoms with Crippen LogP contribution in [-0.4, -0.2) is 29.2 Å². The molecule has 0 fully saturated rings. The van der Waals surface area contributed by atoms with Gasteiger partial charge in [-0.05, 0) is 61.4 Å². The summed E-state index contributed by atoms with van der Waals surface area (Å²) in [5, 5.41) is 11.3. The first-order chi connectivity index (χ1) is 20.3. The lowest BCUT2D eigenvalue weighted by Gasteiger charge is -2.24. The van der Waals surface area contributed by atoms with E-state index in [2.05, 4.69) is 4.99 Å². The summed E-state index contributed by atoms with van der Waals surface area (Å²) in [6, 6.07) is 20.0. The summed E-state index contributed by atoms with van der Waals surface area (Å²) in [6.07, 6.45) is 1.75. The van der Waals surface area contributed by atoms with Gasteiger partial charge in [-0.2, -0.15) is 0 Å². The molecule has 1 aromatic heterocycles. The van der Waals surface area contributed by atoms with E-state index >= 15 is 0 Å². The van der Waals surface area contributed by atoms with Crippen LogP contribution in [0, 0.1) is 10.1 Å². The Hall–Kier alpha value is -5.03. The molecule has 0 bridgehead atoms. The fourth-order valence-corrected chi connectivity index (χ4v) is 5.72. The highest BCUT2D eigenvalue weighted by molar-refractivity contribution is 7.07. The Balaban J connectivity index is 1.48. The van der Waals surface area contributed by atoms with Crippen molar-refractivity contribution in [2.24, 2.45) is 4.99 Å². The highest BCUT2D eigenvalue weighted by Crippen LogP contribution is 2.31. The first-order valence-electron chi connectivity index (χ1n) is 13.1. The van der Waals surface area contributed by atoms with Gasteiger partial charge in [0.15, 0.2) is 4.80 Å².